The molecule has 3 heterocycles. The van der Waals surface area contributed by atoms with Gasteiger partial charge in [0.25, 0.3) is 0 Å². The SMILES string of the molecule is CC/C=C\C/C=C\C/C=C\C/C=C\C/C=C\CCCCCCCCCCCCCCCCCCCCCC(=O)NC(COC1OC(CO)C(OC2OC(CO)C(OC3OC(CO)C(O)C(O)C3O)C(O)C2O)C(O)C1O)C(O)/C=C/CCCCCCCCCCCCCCCCCCCCCCCCCCCCC. The summed E-state index contributed by atoms with van der Waals surface area (Å²) < 4.78 is 34.5. The van der Waals surface area contributed by atoms with Crippen molar-refractivity contribution in [1.29, 1.82) is 0 Å². The van der Waals surface area contributed by atoms with Crippen molar-refractivity contribution in [1.82, 2.24) is 5.32 Å². The molecular formula is C90H163NO18. The Labute approximate surface area is 661 Å². The van der Waals surface area contributed by atoms with Gasteiger partial charge in [0.15, 0.2) is 18.9 Å². The summed E-state index contributed by atoms with van der Waals surface area (Å²) in [4.78, 5) is 13.5. The summed E-state index contributed by atoms with van der Waals surface area (Å²) in [6.45, 7) is 1.68. The number of allylic oxidation sites excluding steroid dienone is 11. The number of carbonyl (C=O) groups excluding carboxylic acids is 1. The summed E-state index contributed by atoms with van der Waals surface area (Å²) >= 11 is 0. The van der Waals surface area contributed by atoms with Crippen molar-refractivity contribution in [3.63, 3.8) is 0 Å². The van der Waals surface area contributed by atoms with Crippen molar-refractivity contribution >= 4 is 5.91 Å². The highest BCUT2D eigenvalue weighted by molar-refractivity contribution is 5.76. The van der Waals surface area contributed by atoms with Crippen LogP contribution in [0.2, 0.25) is 0 Å². The van der Waals surface area contributed by atoms with Crippen LogP contribution in [-0.4, -0.2) is 193 Å². The van der Waals surface area contributed by atoms with Crippen LogP contribution in [0.3, 0.4) is 0 Å². The van der Waals surface area contributed by atoms with Crippen LogP contribution in [0.5, 0.6) is 0 Å². The first-order valence-corrected chi connectivity index (χ1v) is 44.7. The van der Waals surface area contributed by atoms with E-state index in [1.165, 1.54) is 257 Å². The number of ether oxygens (including phenoxy) is 6. The van der Waals surface area contributed by atoms with Gasteiger partial charge < -0.3 is 89.9 Å². The van der Waals surface area contributed by atoms with Crippen LogP contribution in [0, 0.1) is 0 Å². The van der Waals surface area contributed by atoms with E-state index in [4.69, 9.17) is 28.4 Å². The Kier molecular flexibility index (Phi) is 64.1. The van der Waals surface area contributed by atoms with Gasteiger partial charge in [-0.15, -0.1) is 0 Å². The third kappa shape index (κ3) is 48.4. The first-order valence-electron chi connectivity index (χ1n) is 44.7. The number of aliphatic hydroxyl groups excluding tert-OH is 11. The van der Waals surface area contributed by atoms with E-state index in [2.05, 4.69) is 79.9 Å². The minimum Gasteiger partial charge on any atom is -0.394 e. The van der Waals surface area contributed by atoms with Crippen molar-refractivity contribution in [3.05, 3.63) is 72.9 Å². The second-order valence-electron chi connectivity index (χ2n) is 31.7. The second kappa shape index (κ2) is 69.5. The van der Waals surface area contributed by atoms with Crippen LogP contribution in [0.1, 0.15) is 361 Å². The molecule has 0 bridgehead atoms. The zero-order valence-electron chi connectivity index (χ0n) is 68.5. The molecule has 19 nitrogen and oxygen atoms in total. The largest absolute Gasteiger partial charge is 0.394 e. The van der Waals surface area contributed by atoms with Crippen molar-refractivity contribution in [3.8, 4) is 0 Å². The number of carbonyl (C=O) groups is 1. The predicted octanol–water partition coefficient (Wildman–Crippen LogP) is 16.7. The molecule has 0 aromatic carbocycles. The van der Waals surface area contributed by atoms with Gasteiger partial charge in [0.05, 0.1) is 38.6 Å². The maximum Gasteiger partial charge on any atom is 0.220 e. The van der Waals surface area contributed by atoms with Gasteiger partial charge in [-0.05, 0) is 64.2 Å². The third-order valence-electron chi connectivity index (χ3n) is 22.0. The molecular weight excluding hydrogens is 1380 g/mol. The second-order valence-corrected chi connectivity index (χ2v) is 31.7. The van der Waals surface area contributed by atoms with E-state index < -0.39 is 124 Å². The average Bonchev–Trinajstić information content (AvgIpc) is 0.749. The Balaban J connectivity index is 1.33. The maximum atomic E-state index is 13.5. The van der Waals surface area contributed by atoms with Crippen LogP contribution in [0.4, 0.5) is 0 Å². The van der Waals surface area contributed by atoms with Gasteiger partial charge in [0, 0.05) is 6.42 Å². The Morgan fingerprint density at radius 1 is 0.339 bits per heavy atom. The molecule has 17 unspecified atom stereocenters. The van der Waals surface area contributed by atoms with E-state index in [1.807, 2.05) is 6.08 Å². The van der Waals surface area contributed by atoms with Gasteiger partial charge in [0.2, 0.25) is 5.91 Å². The fourth-order valence-corrected chi connectivity index (χ4v) is 14.9. The van der Waals surface area contributed by atoms with Gasteiger partial charge in [-0.3, -0.25) is 4.79 Å². The van der Waals surface area contributed by atoms with Gasteiger partial charge in [-0.1, -0.05) is 363 Å². The van der Waals surface area contributed by atoms with Crippen molar-refractivity contribution in [2.75, 3.05) is 26.4 Å². The molecule has 3 fully saturated rings. The number of hydrogen-bond acceptors (Lipinski definition) is 18. The summed E-state index contributed by atoms with van der Waals surface area (Å²) in [6.07, 6.45) is 66.2. The van der Waals surface area contributed by atoms with Crippen molar-refractivity contribution in [2.45, 2.75) is 465 Å². The molecule has 0 aromatic rings. The monoisotopic (exact) mass is 1550 g/mol. The molecule has 0 radical (unpaired) electrons. The van der Waals surface area contributed by atoms with Crippen molar-refractivity contribution in [2.24, 2.45) is 0 Å². The first-order chi connectivity index (χ1) is 53.3. The quantitative estimate of drug-likeness (QED) is 0.0199. The van der Waals surface area contributed by atoms with Crippen molar-refractivity contribution < 1.29 is 89.4 Å². The Morgan fingerprint density at radius 2 is 0.633 bits per heavy atom. The Morgan fingerprint density at radius 3 is 0.991 bits per heavy atom. The molecule has 1 amide bonds. The van der Waals surface area contributed by atoms with E-state index >= 15 is 0 Å². The van der Waals surface area contributed by atoms with Crippen LogP contribution in [0.25, 0.3) is 0 Å². The lowest BCUT2D eigenvalue weighted by Crippen LogP contribution is -2.66. The Hall–Kier alpha value is -2.77. The van der Waals surface area contributed by atoms with Crippen LogP contribution < -0.4 is 5.32 Å². The molecule has 19 heteroatoms. The molecule has 0 aromatic heterocycles. The van der Waals surface area contributed by atoms with E-state index in [1.54, 1.807) is 6.08 Å². The number of hydrogen-bond donors (Lipinski definition) is 12. The maximum absolute atomic E-state index is 13.5. The topological polar surface area (TPSA) is 307 Å². The lowest BCUT2D eigenvalue weighted by molar-refractivity contribution is -0.379. The standard InChI is InChI=1S/C90H163NO18/c1-3-5-7-9-11-13-15-17-19-21-23-25-27-29-31-33-34-35-36-37-38-40-42-44-46-48-50-52-54-56-58-60-62-64-66-68-78(96)91-73(74(95)67-65-63-61-59-57-55-53-51-49-47-45-43-41-39-32-30-28-26-24-22-20-18-16-14-12-10-8-6-4-2)72-104-88-84(102)81(99)86(76(70-93)106-88)109-90-85(103)82(100)87(77(71-94)107-90)108-89-83(101)80(98)79(97)75(69-92)105-89/h5,7,11,13,17,19,23,25,29,31,65,67,73-77,79-90,92-95,97-103H,3-4,6,8-10,12,14-16,18,20-22,24,26-28,30,32-64,66,68-72H2,1-2H3,(H,91,96)/b7-5-,13-11-,19-17-,25-23-,31-29-,67-65+. The minimum atomic E-state index is -1.98. The van der Waals surface area contributed by atoms with Crippen LogP contribution in [0.15, 0.2) is 72.9 Å². The number of nitrogens with one attached hydrogen (secondary N) is 1. The third-order valence-corrected chi connectivity index (χ3v) is 22.0. The molecule has 3 saturated heterocycles. The van der Waals surface area contributed by atoms with E-state index in [0.717, 1.165) is 77.0 Å². The van der Waals surface area contributed by atoms with E-state index in [-0.39, 0.29) is 18.9 Å². The molecule has 12 N–H and O–H groups in total. The van der Waals surface area contributed by atoms with Crippen LogP contribution in [-0.2, 0) is 33.2 Å². The highest BCUT2D eigenvalue weighted by Gasteiger charge is 2.54. The molecule has 0 spiro atoms. The fourth-order valence-electron chi connectivity index (χ4n) is 14.9. The summed E-state index contributed by atoms with van der Waals surface area (Å²) in [5.74, 6) is -0.270. The molecule has 0 aliphatic carbocycles. The number of unbranched alkanes of at least 4 members (excludes halogenated alkanes) is 46. The van der Waals surface area contributed by atoms with Gasteiger partial charge in [-0.25, -0.2) is 0 Å². The molecule has 3 aliphatic rings. The highest BCUT2D eigenvalue weighted by Crippen LogP contribution is 2.34. The van der Waals surface area contributed by atoms with E-state index in [0.29, 0.717) is 6.42 Å². The zero-order valence-corrected chi connectivity index (χ0v) is 68.5. The highest BCUT2D eigenvalue weighted by atomic mass is 16.8. The zero-order chi connectivity index (χ0) is 78.8. The summed E-state index contributed by atoms with van der Waals surface area (Å²) in [6, 6.07) is -0.977. The first kappa shape index (κ1) is 100. The Bertz CT molecular complexity index is 2250. The van der Waals surface area contributed by atoms with Gasteiger partial charge in [-0.2, -0.15) is 0 Å². The molecule has 0 saturated carbocycles. The summed E-state index contributed by atoms with van der Waals surface area (Å²) in [5, 5.41) is 121. The normalized spacial score (nSPS) is 25.6. The smallest absolute Gasteiger partial charge is 0.220 e. The lowest BCUT2D eigenvalue weighted by atomic mass is 9.96. The lowest BCUT2D eigenvalue weighted by Gasteiger charge is -2.48. The average molecular weight is 1550 g/mol. The molecule has 109 heavy (non-hydrogen) atoms. The van der Waals surface area contributed by atoms with E-state index in [9.17, 15) is 61.0 Å². The summed E-state index contributed by atoms with van der Waals surface area (Å²) in [5.41, 5.74) is 0. The number of rotatable bonds is 72. The van der Waals surface area contributed by atoms with Gasteiger partial charge in [0.1, 0.15) is 73.2 Å². The number of amides is 1. The number of aliphatic hydroxyl groups is 11. The molecule has 636 valence electrons. The molecule has 3 aliphatic heterocycles. The van der Waals surface area contributed by atoms with Crippen LogP contribution >= 0.6 is 0 Å². The summed E-state index contributed by atoms with van der Waals surface area (Å²) in [7, 11) is 0. The fraction of sp³-hybridized carbons (Fsp3) is 0.856. The van der Waals surface area contributed by atoms with Gasteiger partial charge >= 0.3 is 0 Å². The minimum absolute atomic E-state index is 0.244. The predicted molar refractivity (Wildman–Crippen MR) is 438 cm³/mol. The molecule has 17 atom stereocenters. The molecule has 3 rings (SSSR count).